The molecule has 0 bridgehead atoms. The normalized spacial score (nSPS) is 20.7. The summed E-state index contributed by atoms with van der Waals surface area (Å²) in [6.07, 6.45) is 5.15. The smallest absolute Gasteiger partial charge is 0.157 e. The second-order valence-corrected chi connectivity index (χ2v) is 4.45. The van der Waals surface area contributed by atoms with Gasteiger partial charge in [-0.2, -0.15) is 5.10 Å². The lowest BCUT2D eigenvalue weighted by molar-refractivity contribution is 0.110. The van der Waals surface area contributed by atoms with Crippen LogP contribution < -0.4 is 0 Å². The third-order valence-electron chi connectivity index (χ3n) is 2.78. The van der Waals surface area contributed by atoms with Gasteiger partial charge >= 0.3 is 0 Å². The molecule has 0 N–H and O–H groups in total. The minimum atomic E-state index is 0.285. The van der Waals surface area contributed by atoms with E-state index in [1.54, 1.807) is 10.6 Å². The standard InChI is InChI=1S/C11H12ClN3O/c12-8-3-4-15-11(6-8)13-10(14-15)7-9-2-1-5-16-9/h3-4,6,9H,1-2,5,7H2. The highest BCUT2D eigenvalue weighted by molar-refractivity contribution is 6.30. The molecule has 84 valence electrons. The summed E-state index contributed by atoms with van der Waals surface area (Å²) < 4.78 is 7.31. The van der Waals surface area contributed by atoms with Crippen molar-refractivity contribution < 1.29 is 4.74 Å². The highest BCUT2D eigenvalue weighted by Crippen LogP contribution is 2.16. The molecule has 1 saturated heterocycles. The molecule has 1 fully saturated rings. The molecular weight excluding hydrogens is 226 g/mol. The molecule has 1 aliphatic heterocycles. The molecule has 5 heteroatoms. The molecule has 2 aromatic rings. The van der Waals surface area contributed by atoms with E-state index in [2.05, 4.69) is 10.1 Å². The summed E-state index contributed by atoms with van der Waals surface area (Å²) in [6.45, 7) is 0.865. The van der Waals surface area contributed by atoms with Gasteiger partial charge < -0.3 is 4.74 Å². The molecule has 0 spiro atoms. The molecule has 4 nitrogen and oxygen atoms in total. The maximum Gasteiger partial charge on any atom is 0.157 e. The van der Waals surface area contributed by atoms with Crippen LogP contribution in [0.2, 0.25) is 5.02 Å². The second kappa shape index (κ2) is 4.03. The van der Waals surface area contributed by atoms with Gasteiger partial charge in [-0.05, 0) is 18.9 Å². The number of aromatic nitrogens is 3. The molecule has 0 saturated carbocycles. The number of pyridine rings is 1. The molecule has 2 aromatic heterocycles. The average Bonchev–Trinajstić information content (AvgIpc) is 2.86. The summed E-state index contributed by atoms with van der Waals surface area (Å²) in [5.41, 5.74) is 0.792. The van der Waals surface area contributed by atoms with Crippen LogP contribution in [0.25, 0.3) is 5.65 Å². The number of fused-ring (bicyclic) bond motifs is 1. The lowest BCUT2D eigenvalue weighted by atomic mass is 10.2. The van der Waals surface area contributed by atoms with Crippen molar-refractivity contribution in [2.75, 3.05) is 6.61 Å². The zero-order chi connectivity index (χ0) is 11.0. The molecule has 16 heavy (non-hydrogen) atoms. The molecule has 0 aromatic carbocycles. The summed E-state index contributed by atoms with van der Waals surface area (Å²) in [5, 5.41) is 5.07. The Bertz CT molecular complexity index is 505. The largest absolute Gasteiger partial charge is 0.378 e. The Kier molecular flexibility index (Phi) is 2.53. The molecule has 1 unspecified atom stereocenters. The van der Waals surface area contributed by atoms with Gasteiger partial charge in [-0.25, -0.2) is 9.50 Å². The van der Waals surface area contributed by atoms with Crippen molar-refractivity contribution in [3.8, 4) is 0 Å². The van der Waals surface area contributed by atoms with Crippen molar-refractivity contribution >= 4 is 17.2 Å². The number of hydrogen-bond acceptors (Lipinski definition) is 3. The fourth-order valence-corrected chi connectivity index (χ4v) is 2.15. The highest BCUT2D eigenvalue weighted by atomic mass is 35.5. The van der Waals surface area contributed by atoms with Crippen molar-refractivity contribution in [1.29, 1.82) is 0 Å². The van der Waals surface area contributed by atoms with Crippen molar-refractivity contribution in [3.05, 3.63) is 29.2 Å². The van der Waals surface area contributed by atoms with E-state index < -0.39 is 0 Å². The lowest BCUT2D eigenvalue weighted by Crippen LogP contribution is -2.10. The van der Waals surface area contributed by atoms with E-state index in [1.165, 1.54) is 0 Å². The van der Waals surface area contributed by atoms with Gasteiger partial charge in [-0.3, -0.25) is 0 Å². The van der Waals surface area contributed by atoms with Gasteiger partial charge in [0.15, 0.2) is 11.5 Å². The van der Waals surface area contributed by atoms with E-state index in [4.69, 9.17) is 16.3 Å². The Morgan fingerprint density at radius 2 is 2.50 bits per heavy atom. The van der Waals surface area contributed by atoms with Crippen LogP contribution in [0.5, 0.6) is 0 Å². The van der Waals surface area contributed by atoms with E-state index in [1.807, 2.05) is 12.3 Å². The van der Waals surface area contributed by atoms with Crippen LogP contribution >= 0.6 is 11.6 Å². The van der Waals surface area contributed by atoms with Crippen LogP contribution in [-0.4, -0.2) is 27.3 Å². The molecule has 1 aliphatic rings. The third-order valence-corrected chi connectivity index (χ3v) is 3.01. The topological polar surface area (TPSA) is 39.4 Å². The first-order valence-electron chi connectivity index (χ1n) is 5.44. The van der Waals surface area contributed by atoms with Gasteiger partial charge in [0.25, 0.3) is 0 Å². The summed E-state index contributed by atoms with van der Waals surface area (Å²) in [5.74, 6) is 0.828. The van der Waals surface area contributed by atoms with E-state index >= 15 is 0 Å². The summed E-state index contributed by atoms with van der Waals surface area (Å²) in [6, 6.07) is 3.62. The van der Waals surface area contributed by atoms with Gasteiger partial charge in [-0.15, -0.1) is 0 Å². The fraction of sp³-hybridized carbons (Fsp3) is 0.455. The molecule has 3 heterocycles. The van der Waals surface area contributed by atoms with Crippen molar-refractivity contribution in [2.45, 2.75) is 25.4 Å². The maximum atomic E-state index is 5.89. The monoisotopic (exact) mass is 237 g/mol. The number of hydrogen-bond donors (Lipinski definition) is 0. The summed E-state index contributed by atoms with van der Waals surface area (Å²) in [7, 11) is 0. The van der Waals surface area contributed by atoms with Gasteiger partial charge in [0.1, 0.15) is 0 Å². The lowest BCUT2D eigenvalue weighted by Gasteiger charge is -2.04. The van der Waals surface area contributed by atoms with Gasteiger partial charge in [0.05, 0.1) is 6.10 Å². The second-order valence-electron chi connectivity index (χ2n) is 4.01. The fourth-order valence-electron chi connectivity index (χ4n) is 2.00. The Morgan fingerprint density at radius 3 is 3.31 bits per heavy atom. The SMILES string of the molecule is Clc1ccn2nc(CC3CCCO3)nc2c1. The quantitative estimate of drug-likeness (QED) is 0.803. The van der Waals surface area contributed by atoms with Crippen LogP contribution in [0.15, 0.2) is 18.3 Å². The average molecular weight is 238 g/mol. The predicted molar refractivity (Wildman–Crippen MR) is 60.7 cm³/mol. The number of halogens is 1. The number of nitrogens with zero attached hydrogens (tertiary/aromatic N) is 3. The van der Waals surface area contributed by atoms with Crippen molar-refractivity contribution in [1.82, 2.24) is 14.6 Å². The first-order valence-corrected chi connectivity index (χ1v) is 5.81. The third kappa shape index (κ3) is 1.90. The maximum absolute atomic E-state index is 5.89. The van der Waals surface area contributed by atoms with Gasteiger partial charge in [-0.1, -0.05) is 11.6 Å². The summed E-state index contributed by atoms with van der Waals surface area (Å²) >= 11 is 5.89. The first-order chi connectivity index (χ1) is 7.81. The molecule has 0 radical (unpaired) electrons. The van der Waals surface area contributed by atoms with E-state index in [-0.39, 0.29) is 6.10 Å². The van der Waals surface area contributed by atoms with Crippen molar-refractivity contribution in [3.63, 3.8) is 0 Å². The molecule has 1 atom stereocenters. The van der Waals surface area contributed by atoms with Crippen LogP contribution in [0, 0.1) is 0 Å². The summed E-state index contributed by atoms with van der Waals surface area (Å²) in [4.78, 5) is 4.42. The Labute approximate surface area is 98.2 Å². The highest BCUT2D eigenvalue weighted by Gasteiger charge is 2.18. The minimum Gasteiger partial charge on any atom is -0.378 e. The molecule has 0 aliphatic carbocycles. The first kappa shape index (κ1) is 10.1. The zero-order valence-electron chi connectivity index (χ0n) is 8.77. The van der Waals surface area contributed by atoms with Crippen LogP contribution in [-0.2, 0) is 11.2 Å². The molecule has 3 rings (SSSR count). The number of rotatable bonds is 2. The Hall–Kier alpha value is -1.13. The predicted octanol–water partition coefficient (Wildman–Crippen LogP) is 2.10. The minimum absolute atomic E-state index is 0.285. The van der Waals surface area contributed by atoms with Crippen molar-refractivity contribution in [2.24, 2.45) is 0 Å². The van der Waals surface area contributed by atoms with Gasteiger partial charge in [0, 0.05) is 30.3 Å². The van der Waals surface area contributed by atoms with E-state index in [9.17, 15) is 0 Å². The van der Waals surface area contributed by atoms with Crippen LogP contribution in [0.3, 0.4) is 0 Å². The van der Waals surface area contributed by atoms with Crippen LogP contribution in [0.4, 0.5) is 0 Å². The number of ether oxygens (including phenoxy) is 1. The Morgan fingerprint density at radius 1 is 1.56 bits per heavy atom. The van der Waals surface area contributed by atoms with Gasteiger partial charge in [0.2, 0.25) is 0 Å². The Balaban J connectivity index is 1.86. The van der Waals surface area contributed by atoms with Crippen LogP contribution in [0.1, 0.15) is 18.7 Å². The zero-order valence-corrected chi connectivity index (χ0v) is 9.52. The van der Waals surface area contributed by atoms with E-state index in [0.29, 0.717) is 5.02 Å². The molecular formula is C11H12ClN3O. The van der Waals surface area contributed by atoms with E-state index in [0.717, 1.165) is 37.3 Å². The molecule has 0 amide bonds.